The van der Waals surface area contributed by atoms with Gasteiger partial charge in [0, 0.05) is 16.9 Å². The Labute approximate surface area is 118 Å². The zero-order valence-corrected chi connectivity index (χ0v) is 13.4. The van der Waals surface area contributed by atoms with E-state index in [1.54, 1.807) is 6.08 Å². The number of rotatable bonds is 2. The van der Waals surface area contributed by atoms with Gasteiger partial charge in [-0.1, -0.05) is 65.1 Å². The van der Waals surface area contributed by atoms with E-state index >= 15 is 0 Å². The number of carbonyl (C=O) groups excluding carboxylic acids is 2. The van der Waals surface area contributed by atoms with Crippen LogP contribution in [0, 0.1) is 10.8 Å². The van der Waals surface area contributed by atoms with E-state index in [-0.39, 0.29) is 22.4 Å². The summed E-state index contributed by atoms with van der Waals surface area (Å²) in [5, 5.41) is 1.85. The van der Waals surface area contributed by atoms with Gasteiger partial charge >= 0.3 is 0 Å². The first kappa shape index (κ1) is 15.6. The monoisotopic (exact) mass is 284 g/mol. The minimum Gasteiger partial charge on any atom is -0.294 e. The Kier molecular flexibility index (Phi) is 4.55. The summed E-state index contributed by atoms with van der Waals surface area (Å²) >= 11 is 2.86. The third-order valence-electron chi connectivity index (χ3n) is 2.39. The molecule has 0 aromatic rings. The summed E-state index contributed by atoms with van der Waals surface area (Å²) in [5.74, 6) is 0.224. The second-order valence-corrected chi connectivity index (χ2v) is 8.61. The zero-order valence-electron chi connectivity index (χ0n) is 11.8. The number of carbonyl (C=O) groups is 2. The summed E-state index contributed by atoms with van der Waals surface area (Å²) in [7, 11) is 0. The minimum absolute atomic E-state index is 0.0929. The second kappa shape index (κ2) is 5.25. The molecule has 0 aromatic heterocycles. The molecule has 0 spiro atoms. The van der Waals surface area contributed by atoms with Gasteiger partial charge in [-0.15, -0.1) is 0 Å². The molecule has 0 bridgehead atoms. The highest BCUT2D eigenvalue weighted by Gasteiger charge is 2.29. The lowest BCUT2D eigenvalue weighted by molar-refractivity contribution is -0.122. The second-order valence-electron chi connectivity index (χ2n) is 6.36. The Morgan fingerprint density at radius 3 is 2.06 bits per heavy atom. The number of allylic oxidation sites excluding steroid dienone is 2. The Morgan fingerprint density at radius 1 is 1.06 bits per heavy atom. The normalized spacial score (nSPS) is 19.0. The van der Waals surface area contributed by atoms with E-state index < -0.39 is 0 Å². The molecule has 0 fully saturated rings. The molecule has 2 nitrogen and oxygen atoms in total. The lowest BCUT2D eigenvalue weighted by atomic mass is 9.91. The quantitative estimate of drug-likeness (QED) is 0.705. The Morgan fingerprint density at radius 2 is 1.61 bits per heavy atom. The standard InChI is InChI=1S/C14H20O2S2/c1-13(2,3)10(15)7-11-17-8-9(18-11)12(16)14(4,5)6/h7-8H,1-6H3/b11-7+. The van der Waals surface area contributed by atoms with Crippen LogP contribution in [0.2, 0.25) is 0 Å². The highest BCUT2D eigenvalue weighted by atomic mass is 32.2. The lowest BCUT2D eigenvalue weighted by Crippen LogP contribution is -2.20. The molecule has 0 saturated heterocycles. The van der Waals surface area contributed by atoms with Crippen molar-refractivity contribution < 1.29 is 9.59 Å². The molecule has 0 radical (unpaired) electrons. The molecule has 0 atom stereocenters. The van der Waals surface area contributed by atoms with Crippen molar-refractivity contribution in [2.75, 3.05) is 0 Å². The van der Waals surface area contributed by atoms with Crippen molar-refractivity contribution in [1.29, 1.82) is 0 Å². The van der Waals surface area contributed by atoms with Crippen LogP contribution in [0.4, 0.5) is 0 Å². The molecule has 0 aliphatic carbocycles. The lowest BCUT2D eigenvalue weighted by Gasteiger charge is -2.16. The fourth-order valence-electron chi connectivity index (χ4n) is 1.12. The Hall–Kier alpha value is -0.480. The average Bonchev–Trinajstić information content (AvgIpc) is 2.62. The first-order valence-corrected chi connectivity index (χ1v) is 7.57. The summed E-state index contributed by atoms with van der Waals surface area (Å²) < 4.78 is 0.891. The fraction of sp³-hybridized carbons (Fsp3) is 0.571. The van der Waals surface area contributed by atoms with E-state index in [4.69, 9.17) is 0 Å². The molecule has 1 heterocycles. The molecular weight excluding hydrogens is 264 g/mol. The van der Waals surface area contributed by atoms with Crippen molar-refractivity contribution in [3.8, 4) is 0 Å². The largest absolute Gasteiger partial charge is 0.294 e. The third kappa shape index (κ3) is 4.02. The molecule has 1 rings (SSSR count). The van der Waals surface area contributed by atoms with Gasteiger partial charge in [0.15, 0.2) is 11.6 Å². The van der Waals surface area contributed by atoms with Crippen LogP contribution < -0.4 is 0 Å². The molecule has 0 unspecified atom stereocenters. The zero-order chi connectivity index (χ0) is 14.1. The van der Waals surface area contributed by atoms with E-state index in [0.29, 0.717) is 0 Å². The third-order valence-corrected chi connectivity index (χ3v) is 4.62. The van der Waals surface area contributed by atoms with E-state index in [0.717, 1.165) is 9.14 Å². The number of hydrogen-bond acceptors (Lipinski definition) is 4. The van der Waals surface area contributed by atoms with Gasteiger partial charge in [0.1, 0.15) is 0 Å². The molecule has 0 aromatic carbocycles. The summed E-state index contributed by atoms with van der Waals surface area (Å²) in [6.07, 6.45) is 1.65. The van der Waals surface area contributed by atoms with Crippen LogP contribution >= 0.6 is 23.5 Å². The molecule has 18 heavy (non-hydrogen) atoms. The van der Waals surface area contributed by atoms with Crippen LogP contribution in [0.15, 0.2) is 20.6 Å². The van der Waals surface area contributed by atoms with Crippen LogP contribution in [-0.4, -0.2) is 11.6 Å². The number of Topliss-reactive ketones (excluding diaryl/α,β-unsaturated/α-hetero) is 1. The van der Waals surface area contributed by atoms with Gasteiger partial charge in [-0.05, 0) is 5.41 Å². The molecule has 4 heteroatoms. The van der Waals surface area contributed by atoms with Gasteiger partial charge in [-0.2, -0.15) is 0 Å². The highest BCUT2D eigenvalue weighted by Crippen LogP contribution is 2.46. The summed E-state index contributed by atoms with van der Waals surface area (Å²) in [5.41, 5.74) is -0.742. The summed E-state index contributed by atoms with van der Waals surface area (Å²) in [6.45, 7) is 11.4. The van der Waals surface area contributed by atoms with Crippen LogP contribution in [0.1, 0.15) is 41.5 Å². The van der Waals surface area contributed by atoms with Crippen molar-refractivity contribution >= 4 is 35.1 Å². The first-order valence-electron chi connectivity index (χ1n) is 5.87. The van der Waals surface area contributed by atoms with Gasteiger partial charge in [0.25, 0.3) is 0 Å². The van der Waals surface area contributed by atoms with Gasteiger partial charge in [-0.3, -0.25) is 9.59 Å². The molecule has 1 aliphatic rings. The number of thioether (sulfide) groups is 2. The highest BCUT2D eigenvalue weighted by molar-refractivity contribution is 8.28. The van der Waals surface area contributed by atoms with E-state index in [2.05, 4.69) is 0 Å². The van der Waals surface area contributed by atoms with E-state index in [9.17, 15) is 9.59 Å². The van der Waals surface area contributed by atoms with Gasteiger partial charge < -0.3 is 0 Å². The topological polar surface area (TPSA) is 34.1 Å². The summed E-state index contributed by atoms with van der Waals surface area (Å²) in [6, 6.07) is 0. The fourth-order valence-corrected chi connectivity index (χ4v) is 3.35. The van der Waals surface area contributed by atoms with Crippen molar-refractivity contribution in [2.45, 2.75) is 41.5 Å². The van der Waals surface area contributed by atoms with Gasteiger partial charge in [0.05, 0.1) is 9.14 Å². The molecule has 0 N–H and O–H groups in total. The van der Waals surface area contributed by atoms with Gasteiger partial charge in [0.2, 0.25) is 0 Å². The Bertz CT molecular complexity index is 432. The van der Waals surface area contributed by atoms with Crippen molar-refractivity contribution in [3.05, 3.63) is 20.6 Å². The SMILES string of the molecule is CC(C)(C)C(=O)/C=C1\SC=C(C(=O)C(C)(C)C)S1. The minimum atomic E-state index is -0.372. The molecule has 0 amide bonds. The van der Waals surface area contributed by atoms with Gasteiger partial charge in [-0.25, -0.2) is 0 Å². The van der Waals surface area contributed by atoms with Crippen molar-refractivity contribution in [1.82, 2.24) is 0 Å². The summed E-state index contributed by atoms with van der Waals surface area (Å²) in [4.78, 5) is 24.7. The molecule has 1 aliphatic heterocycles. The molecule has 0 saturated carbocycles. The van der Waals surface area contributed by atoms with E-state index in [1.165, 1.54) is 23.5 Å². The van der Waals surface area contributed by atoms with Crippen molar-refractivity contribution in [3.63, 3.8) is 0 Å². The van der Waals surface area contributed by atoms with Crippen LogP contribution in [0.3, 0.4) is 0 Å². The van der Waals surface area contributed by atoms with E-state index in [1.807, 2.05) is 47.0 Å². The predicted octanol–water partition coefficient (Wildman–Crippen LogP) is 4.38. The van der Waals surface area contributed by atoms with Crippen LogP contribution in [0.5, 0.6) is 0 Å². The number of hydrogen-bond donors (Lipinski definition) is 0. The molecule has 100 valence electrons. The average molecular weight is 284 g/mol. The van der Waals surface area contributed by atoms with Crippen LogP contribution in [0.25, 0.3) is 0 Å². The Balaban J connectivity index is 2.75. The molecular formula is C14H20O2S2. The maximum atomic E-state index is 12.1. The van der Waals surface area contributed by atoms with Crippen LogP contribution in [-0.2, 0) is 9.59 Å². The van der Waals surface area contributed by atoms with Crippen molar-refractivity contribution in [2.24, 2.45) is 10.8 Å². The maximum Gasteiger partial charge on any atom is 0.175 e. The smallest absolute Gasteiger partial charge is 0.175 e. The first-order chi connectivity index (χ1) is 8.01. The predicted molar refractivity (Wildman–Crippen MR) is 80.3 cm³/mol. The maximum absolute atomic E-state index is 12.1. The number of ketones is 2.